The molecule has 0 saturated carbocycles. The Morgan fingerprint density at radius 1 is 1.43 bits per heavy atom. The summed E-state index contributed by atoms with van der Waals surface area (Å²) in [6.07, 6.45) is 2.62. The lowest BCUT2D eigenvalue weighted by molar-refractivity contribution is 0.0198. The molecule has 126 valence electrons. The molecule has 0 aromatic carbocycles. The van der Waals surface area contributed by atoms with Gasteiger partial charge in [0, 0.05) is 12.6 Å². The van der Waals surface area contributed by atoms with Crippen LogP contribution >= 0.6 is 0 Å². The lowest BCUT2D eigenvalue weighted by Crippen LogP contribution is -2.44. The van der Waals surface area contributed by atoms with Crippen LogP contribution in [0.3, 0.4) is 0 Å². The van der Waals surface area contributed by atoms with Crippen molar-refractivity contribution >= 4 is 11.7 Å². The van der Waals surface area contributed by atoms with Gasteiger partial charge in [0.15, 0.2) is 0 Å². The molecule has 0 unspecified atom stereocenters. The average molecular weight is 319 g/mol. The number of aromatic nitrogens is 2. The summed E-state index contributed by atoms with van der Waals surface area (Å²) < 4.78 is 13.0. The summed E-state index contributed by atoms with van der Waals surface area (Å²) in [5.74, 6) is 0. The van der Waals surface area contributed by atoms with Crippen LogP contribution in [-0.4, -0.2) is 45.6 Å². The number of fused-ring (bicyclic) bond motifs is 1. The molecule has 0 bridgehead atoms. The zero-order chi connectivity index (χ0) is 16.6. The Hall–Kier alpha value is -1.82. The van der Waals surface area contributed by atoms with Crippen LogP contribution in [0.15, 0.2) is 12.1 Å². The average Bonchev–Trinajstić information content (AvgIpc) is 2.89. The topological polar surface area (TPSA) is 56.6 Å². The number of ether oxygens (including phenoxy) is 2. The van der Waals surface area contributed by atoms with E-state index >= 15 is 0 Å². The largest absolute Gasteiger partial charge is 0.444 e. The maximum atomic E-state index is 12.3. The first-order chi connectivity index (χ1) is 10.8. The van der Waals surface area contributed by atoms with Crippen molar-refractivity contribution < 1.29 is 14.3 Å². The first kappa shape index (κ1) is 16.1. The normalized spacial score (nSPS) is 21.7. The number of nitrogens with zero attached hydrogens (tertiary/aromatic N) is 3. The van der Waals surface area contributed by atoms with Crippen LogP contribution in [0.1, 0.15) is 45.5 Å². The number of hydrogen-bond donors (Lipinski definition) is 0. The molecule has 6 nitrogen and oxygen atoms in total. The summed E-state index contributed by atoms with van der Waals surface area (Å²) >= 11 is 0. The standard InChI is InChI=1S/C17H25N3O3/c1-12-9-13(5-6-19(12)16(21)23-17(2,3)4)15-10-14-11-22-8-7-20(14)18-15/h5,10,12H,6-9,11H2,1-4H3/t12-/m0/s1. The van der Waals surface area contributed by atoms with Gasteiger partial charge in [0.2, 0.25) is 0 Å². The van der Waals surface area contributed by atoms with Gasteiger partial charge >= 0.3 is 6.09 Å². The second-order valence-corrected chi connectivity index (χ2v) is 7.21. The zero-order valence-electron chi connectivity index (χ0n) is 14.3. The molecule has 1 atom stereocenters. The first-order valence-electron chi connectivity index (χ1n) is 8.17. The lowest BCUT2D eigenvalue weighted by Gasteiger charge is -2.34. The van der Waals surface area contributed by atoms with Crippen molar-refractivity contribution in [3.05, 3.63) is 23.5 Å². The SMILES string of the molecule is C[C@H]1CC(c2cc3n(n2)CCOC3)=CCN1C(=O)OC(C)(C)C. The monoisotopic (exact) mass is 319 g/mol. The Labute approximate surface area is 137 Å². The first-order valence-corrected chi connectivity index (χ1v) is 8.17. The molecule has 6 heteroatoms. The van der Waals surface area contributed by atoms with Crippen molar-refractivity contribution in [2.24, 2.45) is 0 Å². The highest BCUT2D eigenvalue weighted by atomic mass is 16.6. The van der Waals surface area contributed by atoms with Gasteiger partial charge in [-0.25, -0.2) is 4.79 Å². The van der Waals surface area contributed by atoms with Gasteiger partial charge in [-0.1, -0.05) is 6.08 Å². The van der Waals surface area contributed by atoms with Gasteiger partial charge in [-0.05, 0) is 45.8 Å². The molecule has 2 aliphatic heterocycles. The van der Waals surface area contributed by atoms with Crippen LogP contribution in [0.4, 0.5) is 4.79 Å². The fourth-order valence-corrected chi connectivity index (χ4v) is 2.93. The minimum absolute atomic E-state index is 0.0971. The molecule has 0 N–H and O–H groups in total. The lowest BCUT2D eigenvalue weighted by atomic mass is 9.99. The van der Waals surface area contributed by atoms with E-state index in [0.717, 1.165) is 31.0 Å². The third kappa shape index (κ3) is 3.58. The van der Waals surface area contributed by atoms with Gasteiger partial charge in [0.1, 0.15) is 5.60 Å². The van der Waals surface area contributed by atoms with Gasteiger partial charge < -0.3 is 14.4 Å². The van der Waals surface area contributed by atoms with Crippen molar-refractivity contribution in [3.63, 3.8) is 0 Å². The fourth-order valence-electron chi connectivity index (χ4n) is 2.93. The van der Waals surface area contributed by atoms with E-state index in [2.05, 4.69) is 24.2 Å². The van der Waals surface area contributed by atoms with Gasteiger partial charge in [0.05, 0.1) is 31.1 Å². The molecule has 3 heterocycles. The van der Waals surface area contributed by atoms with Crippen molar-refractivity contribution in [3.8, 4) is 0 Å². The maximum absolute atomic E-state index is 12.3. The third-order valence-electron chi connectivity index (χ3n) is 4.10. The molecule has 1 aromatic rings. The van der Waals surface area contributed by atoms with Gasteiger partial charge in [-0.15, -0.1) is 0 Å². The van der Waals surface area contributed by atoms with Crippen LogP contribution < -0.4 is 0 Å². The van der Waals surface area contributed by atoms with E-state index in [0.29, 0.717) is 13.2 Å². The fraction of sp³-hybridized carbons (Fsp3) is 0.647. The van der Waals surface area contributed by atoms with Gasteiger partial charge in [-0.2, -0.15) is 5.10 Å². The molecule has 0 fully saturated rings. The Kier molecular flexibility index (Phi) is 4.19. The number of carbonyl (C=O) groups is 1. The van der Waals surface area contributed by atoms with Crippen molar-refractivity contribution in [2.45, 2.75) is 58.9 Å². The molecule has 1 amide bonds. The van der Waals surface area contributed by atoms with E-state index in [-0.39, 0.29) is 12.1 Å². The highest BCUT2D eigenvalue weighted by Crippen LogP contribution is 2.28. The number of carbonyl (C=O) groups excluding carboxylic acids is 1. The number of rotatable bonds is 1. The Bertz CT molecular complexity index is 604. The van der Waals surface area contributed by atoms with Crippen molar-refractivity contribution in [1.82, 2.24) is 14.7 Å². The van der Waals surface area contributed by atoms with E-state index in [1.54, 1.807) is 4.90 Å². The van der Waals surface area contributed by atoms with Crippen LogP contribution in [0.2, 0.25) is 0 Å². The maximum Gasteiger partial charge on any atom is 0.410 e. The summed E-state index contributed by atoms with van der Waals surface area (Å²) in [6, 6.07) is 2.20. The van der Waals surface area contributed by atoms with Gasteiger partial charge in [-0.3, -0.25) is 4.68 Å². The predicted molar refractivity (Wildman–Crippen MR) is 86.9 cm³/mol. The highest BCUT2D eigenvalue weighted by Gasteiger charge is 2.29. The summed E-state index contributed by atoms with van der Waals surface area (Å²) in [4.78, 5) is 14.0. The second-order valence-electron chi connectivity index (χ2n) is 7.21. The molecule has 0 radical (unpaired) electrons. The molecule has 2 aliphatic rings. The quantitative estimate of drug-likeness (QED) is 0.799. The predicted octanol–water partition coefficient (Wildman–Crippen LogP) is 2.83. The van der Waals surface area contributed by atoms with Crippen LogP contribution in [0.25, 0.3) is 5.57 Å². The minimum Gasteiger partial charge on any atom is -0.444 e. The molecule has 0 spiro atoms. The molecular formula is C17H25N3O3. The van der Waals surface area contributed by atoms with E-state index in [1.807, 2.05) is 25.5 Å². The summed E-state index contributed by atoms with van der Waals surface area (Å²) in [5.41, 5.74) is 2.85. The number of amides is 1. The van der Waals surface area contributed by atoms with E-state index in [1.165, 1.54) is 5.57 Å². The molecule has 23 heavy (non-hydrogen) atoms. The summed E-state index contributed by atoms with van der Waals surface area (Å²) in [5, 5.41) is 4.67. The molecular weight excluding hydrogens is 294 g/mol. The highest BCUT2D eigenvalue weighted by molar-refractivity contribution is 5.72. The minimum atomic E-state index is -0.469. The molecule has 0 aliphatic carbocycles. The molecule has 0 saturated heterocycles. The zero-order valence-corrected chi connectivity index (χ0v) is 14.3. The van der Waals surface area contributed by atoms with Gasteiger partial charge in [0.25, 0.3) is 0 Å². The smallest absolute Gasteiger partial charge is 0.410 e. The summed E-state index contributed by atoms with van der Waals surface area (Å²) in [7, 11) is 0. The second kappa shape index (κ2) is 6.00. The Morgan fingerprint density at radius 2 is 2.22 bits per heavy atom. The van der Waals surface area contributed by atoms with Crippen molar-refractivity contribution in [2.75, 3.05) is 13.2 Å². The third-order valence-corrected chi connectivity index (χ3v) is 4.10. The van der Waals surface area contributed by atoms with Crippen LogP contribution in [0.5, 0.6) is 0 Å². The van der Waals surface area contributed by atoms with Crippen molar-refractivity contribution in [1.29, 1.82) is 0 Å². The number of hydrogen-bond acceptors (Lipinski definition) is 4. The molecule has 1 aromatic heterocycles. The summed E-state index contributed by atoms with van der Waals surface area (Å²) in [6.45, 7) is 10.4. The van der Waals surface area contributed by atoms with Crippen LogP contribution in [0, 0.1) is 0 Å². The molecule has 3 rings (SSSR count). The van der Waals surface area contributed by atoms with Crippen LogP contribution in [-0.2, 0) is 22.6 Å². The van der Waals surface area contributed by atoms with E-state index in [9.17, 15) is 4.79 Å². The Balaban J connectivity index is 1.72. The Morgan fingerprint density at radius 3 is 2.87 bits per heavy atom. The van der Waals surface area contributed by atoms with E-state index < -0.39 is 5.60 Å². The van der Waals surface area contributed by atoms with E-state index in [4.69, 9.17) is 9.47 Å².